The van der Waals surface area contributed by atoms with Crippen LogP contribution in [0.1, 0.15) is 55.5 Å². The van der Waals surface area contributed by atoms with Crippen LogP contribution in [0.4, 0.5) is 11.4 Å². The van der Waals surface area contributed by atoms with Crippen LogP contribution in [0.2, 0.25) is 0 Å². The fraction of sp³-hybridized carbons (Fsp3) is 0.107. The molecule has 0 radical (unpaired) electrons. The molecule has 0 saturated heterocycles. The molecule has 6 heteroatoms. The molecule has 0 amide bonds. The molecule has 0 unspecified atom stereocenters. The van der Waals surface area contributed by atoms with Gasteiger partial charge >= 0.3 is 0 Å². The van der Waals surface area contributed by atoms with Crippen molar-refractivity contribution in [1.29, 1.82) is 0 Å². The predicted molar refractivity (Wildman–Crippen MR) is 250 cm³/mol. The minimum Gasteiger partial charge on any atom is -0.509 e. The van der Waals surface area contributed by atoms with Gasteiger partial charge in [0.2, 0.25) is 0 Å². The van der Waals surface area contributed by atoms with Crippen LogP contribution in [0.15, 0.2) is 194 Å². The van der Waals surface area contributed by atoms with Crippen LogP contribution < -0.4 is 14.5 Å². The van der Waals surface area contributed by atoms with E-state index in [0.29, 0.717) is 11.5 Å². The van der Waals surface area contributed by atoms with Gasteiger partial charge in [-0.15, -0.1) is 48.1 Å². The fourth-order valence-corrected chi connectivity index (χ4v) is 8.52. The van der Waals surface area contributed by atoms with Gasteiger partial charge in [0, 0.05) is 66.5 Å². The van der Waals surface area contributed by atoms with Gasteiger partial charge in [-0.25, -0.2) is 4.98 Å². The van der Waals surface area contributed by atoms with Crippen LogP contribution in [-0.2, 0) is 31.9 Å². The molecule has 0 bridgehead atoms. The minimum atomic E-state index is -0.223. The van der Waals surface area contributed by atoms with Gasteiger partial charge in [-0.1, -0.05) is 155 Å². The monoisotopic (exact) mass is 984 g/mol. The van der Waals surface area contributed by atoms with Crippen molar-refractivity contribution >= 4 is 38.9 Å². The molecule has 1 aliphatic heterocycles. The summed E-state index contributed by atoms with van der Waals surface area (Å²) < 4.78 is 8.84. The Kier molecular flexibility index (Phi) is 10.9. The van der Waals surface area contributed by atoms with Crippen LogP contribution in [0.3, 0.4) is 0 Å². The molecule has 1 aliphatic rings. The van der Waals surface area contributed by atoms with Gasteiger partial charge in [0.05, 0.1) is 0 Å². The van der Waals surface area contributed by atoms with Crippen molar-refractivity contribution in [2.24, 2.45) is 0 Å². The Hall–Kier alpha value is -6.68. The number of hydrogen-bond acceptors (Lipinski definition) is 4. The molecule has 0 saturated carbocycles. The SMILES string of the molecule is CC(C)(c1ccccc1)c1cccc(N2C=C(c3ccccc3)N(c3[c-]c(Oc4[c-]c5c(cc4)c4ccccc4n5-c4cc(C(C)(C)c5ccccc5)ccn4)ccc3)[CH-]2)c1.[Pt]. The van der Waals surface area contributed by atoms with E-state index in [9.17, 15) is 0 Å². The van der Waals surface area contributed by atoms with E-state index >= 15 is 0 Å². The van der Waals surface area contributed by atoms with Crippen molar-refractivity contribution in [3.63, 3.8) is 0 Å². The average molecular weight is 985 g/mol. The van der Waals surface area contributed by atoms with Crippen molar-refractivity contribution in [1.82, 2.24) is 9.55 Å². The molecule has 3 heterocycles. The zero-order chi connectivity index (χ0) is 41.6. The average Bonchev–Trinajstić information content (AvgIpc) is 3.90. The van der Waals surface area contributed by atoms with Crippen molar-refractivity contribution in [3.05, 3.63) is 241 Å². The van der Waals surface area contributed by atoms with E-state index in [2.05, 4.69) is 225 Å². The summed E-state index contributed by atoms with van der Waals surface area (Å²) in [4.78, 5) is 9.30. The second-order valence-corrected chi connectivity index (χ2v) is 16.6. The van der Waals surface area contributed by atoms with Crippen LogP contribution in [0.5, 0.6) is 11.5 Å². The van der Waals surface area contributed by atoms with Crippen molar-refractivity contribution in [3.8, 4) is 17.3 Å². The van der Waals surface area contributed by atoms with E-state index in [1.807, 2.05) is 30.5 Å². The maximum absolute atomic E-state index is 6.64. The van der Waals surface area contributed by atoms with E-state index < -0.39 is 0 Å². The first-order chi connectivity index (χ1) is 29.7. The van der Waals surface area contributed by atoms with Crippen LogP contribution in [0.25, 0.3) is 33.3 Å². The van der Waals surface area contributed by atoms with Gasteiger partial charge in [-0.3, -0.25) is 0 Å². The van der Waals surface area contributed by atoms with Gasteiger partial charge in [-0.2, -0.15) is 12.1 Å². The van der Waals surface area contributed by atoms with E-state index in [1.165, 1.54) is 22.3 Å². The van der Waals surface area contributed by atoms with Crippen molar-refractivity contribution < 1.29 is 25.8 Å². The zero-order valence-electron chi connectivity index (χ0n) is 35.1. The van der Waals surface area contributed by atoms with Crippen molar-refractivity contribution in [2.75, 3.05) is 9.80 Å². The van der Waals surface area contributed by atoms with Crippen LogP contribution >= 0.6 is 0 Å². The Morgan fingerprint density at radius 1 is 0.548 bits per heavy atom. The summed E-state index contributed by atoms with van der Waals surface area (Å²) in [5, 5.41) is 2.21. The molecular weight excluding hydrogens is 940 g/mol. The summed E-state index contributed by atoms with van der Waals surface area (Å²) >= 11 is 0. The normalized spacial score (nSPS) is 13.0. The summed E-state index contributed by atoms with van der Waals surface area (Å²) in [5.41, 5.74) is 10.6. The molecule has 0 fully saturated rings. The Morgan fingerprint density at radius 3 is 1.89 bits per heavy atom. The molecule has 0 spiro atoms. The molecule has 308 valence electrons. The number of pyridine rings is 1. The molecule has 7 aromatic carbocycles. The number of para-hydroxylation sites is 1. The molecule has 0 atom stereocenters. The second kappa shape index (κ2) is 16.6. The first-order valence-corrected chi connectivity index (χ1v) is 20.8. The third-order valence-corrected chi connectivity index (χ3v) is 12.2. The number of hydrogen-bond donors (Lipinski definition) is 0. The van der Waals surface area contributed by atoms with Gasteiger partial charge in [0.25, 0.3) is 0 Å². The third-order valence-electron chi connectivity index (χ3n) is 12.2. The minimum absolute atomic E-state index is 0. The quantitative estimate of drug-likeness (QED) is 0.128. The number of benzene rings is 7. The van der Waals surface area contributed by atoms with Gasteiger partial charge in [-0.05, 0) is 69.7 Å². The molecule has 2 aromatic heterocycles. The Balaban J connectivity index is 0.00000490. The van der Waals surface area contributed by atoms with E-state index in [0.717, 1.165) is 50.3 Å². The smallest absolute Gasteiger partial charge is 0.135 e. The Bertz CT molecular complexity index is 3050. The van der Waals surface area contributed by atoms with Gasteiger partial charge in [0.15, 0.2) is 0 Å². The van der Waals surface area contributed by atoms with Gasteiger partial charge < -0.3 is 19.1 Å². The Labute approximate surface area is 378 Å². The molecule has 5 nitrogen and oxygen atoms in total. The van der Waals surface area contributed by atoms with E-state index in [-0.39, 0.29) is 31.9 Å². The third kappa shape index (κ3) is 7.52. The first-order valence-electron chi connectivity index (χ1n) is 20.8. The summed E-state index contributed by atoms with van der Waals surface area (Å²) in [6, 6.07) is 70.8. The number of fused-ring (bicyclic) bond motifs is 3. The molecule has 62 heavy (non-hydrogen) atoms. The van der Waals surface area contributed by atoms with Crippen molar-refractivity contribution in [2.45, 2.75) is 38.5 Å². The van der Waals surface area contributed by atoms with E-state index in [4.69, 9.17) is 9.72 Å². The Morgan fingerprint density at radius 2 is 1.16 bits per heavy atom. The summed E-state index contributed by atoms with van der Waals surface area (Å²) in [6.45, 7) is 11.2. The molecular formula is C56H45N4OPt-3. The number of nitrogens with zero attached hydrogens (tertiary/aromatic N) is 4. The summed E-state index contributed by atoms with van der Waals surface area (Å²) in [6.07, 6.45) is 4.10. The number of aromatic nitrogens is 2. The van der Waals surface area contributed by atoms with Crippen LogP contribution in [0, 0.1) is 18.8 Å². The summed E-state index contributed by atoms with van der Waals surface area (Å²) in [5.74, 6) is 2.01. The topological polar surface area (TPSA) is 33.5 Å². The second-order valence-electron chi connectivity index (χ2n) is 16.6. The standard InChI is InChI=1S/C56H45N4O.Pt/c1-55(2,41-20-10-6-11-21-41)43-24-16-25-45(34-43)58-38-53(40-18-8-5-9-19-40)59(39-58)46-26-17-27-47(36-46)61-48-30-31-50-49-28-14-15-29-51(49)60(52(50)37-48)54-35-44(32-33-57-54)56(3,4)42-22-12-7-13-23-42;/h5-35,38-39H,1-4H3;/q-3;. The van der Waals surface area contributed by atoms with Gasteiger partial charge in [0.1, 0.15) is 5.82 Å². The maximum Gasteiger partial charge on any atom is 0.135 e. The maximum atomic E-state index is 6.64. The predicted octanol–water partition coefficient (Wildman–Crippen LogP) is 13.7. The number of ether oxygens (including phenoxy) is 1. The summed E-state index contributed by atoms with van der Waals surface area (Å²) in [7, 11) is 0. The largest absolute Gasteiger partial charge is 0.509 e. The van der Waals surface area contributed by atoms with Crippen LogP contribution in [-0.4, -0.2) is 9.55 Å². The first kappa shape index (κ1) is 40.7. The molecule has 0 N–H and O–H groups in total. The fourth-order valence-electron chi connectivity index (χ4n) is 8.52. The number of anilines is 2. The molecule has 9 aromatic rings. The molecule has 10 rings (SSSR count). The number of rotatable bonds is 10. The van der Waals surface area contributed by atoms with E-state index in [1.54, 1.807) is 0 Å². The zero-order valence-corrected chi connectivity index (χ0v) is 37.3. The molecule has 0 aliphatic carbocycles.